The van der Waals surface area contributed by atoms with Crippen LogP contribution < -0.4 is 0 Å². The maximum atomic E-state index is 4.54. The number of hydrogen-bond donors (Lipinski definition) is 0. The molecule has 0 aliphatic carbocycles. The van der Waals surface area contributed by atoms with Gasteiger partial charge in [-0.1, -0.05) is 164 Å². The largest absolute Gasteiger partial charge is 0.309 e. The third kappa shape index (κ3) is 8.38. The van der Waals surface area contributed by atoms with E-state index < -0.39 is 0 Å². The minimum absolute atomic E-state index is 0.608. The fourth-order valence-electron chi connectivity index (χ4n) is 13.0. The van der Waals surface area contributed by atoms with Crippen LogP contribution in [-0.2, 0) is 0 Å². The summed E-state index contributed by atoms with van der Waals surface area (Å²) in [7, 11) is 0. The third-order valence-electron chi connectivity index (χ3n) is 17.0. The summed E-state index contributed by atoms with van der Waals surface area (Å²) in [6.07, 6.45) is 9.52. The molecule has 88 heavy (non-hydrogen) atoms. The lowest BCUT2D eigenvalue weighted by Crippen LogP contribution is -2.00. The minimum atomic E-state index is 0.608. The Balaban J connectivity index is 0.000000137. The first-order valence-electron chi connectivity index (χ1n) is 29.1. The summed E-state index contributed by atoms with van der Waals surface area (Å²) in [5.74, 6) is 2.08. The molecule has 0 bridgehead atoms. The molecule has 18 rings (SSSR count). The number of hydrogen-bond acceptors (Lipinski definition) is 8. The first-order chi connectivity index (χ1) is 43.7. The van der Waals surface area contributed by atoms with Crippen molar-refractivity contribution in [2.75, 3.05) is 0 Å². The first kappa shape index (κ1) is 50.3. The molecule has 0 saturated heterocycles. The Morgan fingerprint density at radius 1 is 0.205 bits per heavy atom. The highest BCUT2D eigenvalue weighted by Gasteiger charge is 2.19. The van der Waals surface area contributed by atoms with Crippen molar-refractivity contribution >= 4 is 87.2 Å². The predicted octanol–water partition coefficient (Wildman–Crippen LogP) is 17.6. The lowest BCUT2D eigenvalue weighted by molar-refractivity contribution is 0.939. The van der Waals surface area contributed by atoms with Gasteiger partial charge in [0.1, 0.15) is 37.5 Å². The van der Waals surface area contributed by atoms with Gasteiger partial charge in [0.25, 0.3) is 0 Å². The van der Waals surface area contributed by atoms with Crippen molar-refractivity contribution in [3.8, 4) is 67.9 Å². The van der Waals surface area contributed by atoms with E-state index >= 15 is 0 Å². The zero-order valence-corrected chi connectivity index (χ0v) is 47.1. The second kappa shape index (κ2) is 20.8. The van der Waals surface area contributed by atoms with E-state index in [2.05, 4.69) is 295 Å². The number of rotatable bonds is 8. The van der Waals surface area contributed by atoms with Gasteiger partial charge in [-0.15, -0.1) is 0 Å². The van der Waals surface area contributed by atoms with E-state index in [0.29, 0.717) is 11.9 Å². The van der Waals surface area contributed by atoms with Crippen molar-refractivity contribution in [1.29, 1.82) is 0 Å². The monoisotopic (exact) mass is 1130 g/mol. The van der Waals surface area contributed by atoms with E-state index in [-0.39, 0.29) is 0 Å². The summed E-state index contributed by atoms with van der Waals surface area (Å²) in [6, 6.07) is 90.9. The highest BCUT2D eigenvalue weighted by Crippen LogP contribution is 2.40. The van der Waals surface area contributed by atoms with E-state index in [1.54, 1.807) is 12.5 Å². The Morgan fingerprint density at radius 2 is 0.500 bits per heavy atom. The van der Waals surface area contributed by atoms with Crippen molar-refractivity contribution in [2.45, 2.75) is 0 Å². The Hall–Kier alpha value is -12.3. The zero-order chi connectivity index (χ0) is 58.1. The van der Waals surface area contributed by atoms with Gasteiger partial charge in [0.05, 0.1) is 44.1 Å². The molecule has 12 nitrogen and oxygen atoms in total. The van der Waals surface area contributed by atoms with E-state index in [4.69, 9.17) is 0 Å². The molecule has 0 aliphatic heterocycles. The number of benzene rings is 11. The molecule has 7 aromatic heterocycles. The Bertz CT molecular complexity index is 4950. The van der Waals surface area contributed by atoms with Gasteiger partial charge >= 0.3 is 0 Å². The molecule has 18 aromatic rings. The van der Waals surface area contributed by atoms with Crippen LogP contribution in [0.15, 0.2) is 293 Å². The number of para-hydroxylation sites is 5. The average Bonchev–Trinajstić information content (AvgIpc) is 3.91. The van der Waals surface area contributed by atoms with Crippen molar-refractivity contribution in [2.24, 2.45) is 0 Å². The Labute approximate surface area is 503 Å². The Kier molecular flexibility index (Phi) is 11.9. The smallest absolute Gasteiger partial charge is 0.237 e. The van der Waals surface area contributed by atoms with Gasteiger partial charge in [0.2, 0.25) is 11.9 Å². The quantitative estimate of drug-likeness (QED) is 0.147. The van der Waals surface area contributed by atoms with Crippen molar-refractivity contribution in [1.82, 2.24) is 58.1 Å². The van der Waals surface area contributed by atoms with Crippen LogP contribution in [0.4, 0.5) is 0 Å². The molecule has 0 amide bonds. The standard InChI is InChI=1S/C40H26N4.C36H22N8/c1-2-8-31(9-3-1)43-36-12-6-4-10-32(36)34-24-29(18-20-38(34)43)27-14-16-28(17-15-27)30-19-21-39-35(25-30)33-11-5-7-13-37(33)44(39)40-22-23-41-26-42-40;1-3-7-31-27(5-1)29-17-25(13-15-33(29)43(31)35-39-19-37-20-40-35)23-9-11-24(12-10-23)26-14-16-34-30(18-26)28-6-2-4-8-32(28)44(34)36-41-21-38-22-42-36/h1-26H;1-22H. The number of aromatic nitrogens is 12. The fraction of sp³-hybridized carbons (Fsp3) is 0. The summed E-state index contributed by atoms with van der Waals surface area (Å²) in [6.45, 7) is 0. The molecule has 0 radical (unpaired) electrons. The molecule has 0 saturated carbocycles. The molecule has 7 heterocycles. The van der Waals surface area contributed by atoms with Crippen molar-refractivity contribution < 1.29 is 0 Å². The van der Waals surface area contributed by atoms with Crippen LogP contribution in [0, 0.1) is 0 Å². The van der Waals surface area contributed by atoms with Crippen LogP contribution in [0.1, 0.15) is 0 Å². The maximum absolute atomic E-state index is 4.54. The highest BCUT2D eigenvalue weighted by molar-refractivity contribution is 6.13. The normalized spacial score (nSPS) is 11.6. The first-order valence-corrected chi connectivity index (χ1v) is 29.1. The van der Waals surface area contributed by atoms with Crippen molar-refractivity contribution in [3.63, 3.8) is 0 Å². The molecule has 0 aliphatic rings. The molecule has 412 valence electrons. The van der Waals surface area contributed by atoms with Gasteiger partial charge in [0, 0.05) is 55.0 Å². The van der Waals surface area contributed by atoms with Gasteiger partial charge < -0.3 is 4.57 Å². The van der Waals surface area contributed by atoms with Crippen LogP contribution in [-0.4, -0.2) is 58.1 Å². The summed E-state index contributed by atoms with van der Waals surface area (Å²) >= 11 is 0. The molecule has 0 spiro atoms. The summed E-state index contributed by atoms with van der Waals surface area (Å²) in [5.41, 5.74) is 19.5. The van der Waals surface area contributed by atoms with Gasteiger partial charge in [0.15, 0.2) is 0 Å². The van der Waals surface area contributed by atoms with E-state index in [9.17, 15) is 0 Å². The summed E-state index contributed by atoms with van der Waals surface area (Å²) < 4.78 is 8.75. The summed E-state index contributed by atoms with van der Waals surface area (Å²) in [5, 5.41) is 9.57. The molecular weight excluding hydrogens is 1080 g/mol. The SMILES string of the molecule is c1ccc(-n2c3ccccc3c3cc(-c4ccc(-c5ccc6c(c5)c5ccccc5n6-c5ccncn5)cc4)ccc32)cc1.c1ccc2c(c1)c1cc(-c3ccc(-c4ccc5c(c4)c4ccccc4n5-c4ncncn4)cc3)ccc1n2-c1ncncn1. The maximum Gasteiger partial charge on any atom is 0.237 e. The van der Waals surface area contributed by atoms with Crippen LogP contribution >= 0.6 is 0 Å². The van der Waals surface area contributed by atoms with Crippen molar-refractivity contribution in [3.05, 3.63) is 293 Å². The van der Waals surface area contributed by atoms with Crippen LogP contribution in [0.5, 0.6) is 0 Å². The van der Waals surface area contributed by atoms with Crippen LogP contribution in [0.3, 0.4) is 0 Å². The molecule has 0 unspecified atom stereocenters. The Morgan fingerprint density at radius 3 is 0.875 bits per heavy atom. The molecule has 0 N–H and O–H groups in total. The zero-order valence-electron chi connectivity index (χ0n) is 47.1. The lowest BCUT2D eigenvalue weighted by Gasteiger charge is -2.09. The number of nitrogens with zero attached hydrogens (tertiary/aromatic N) is 12. The lowest BCUT2D eigenvalue weighted by atomic mass is 9.98. The van der Waals surface area contributed by atoms with Crippen LogP contribution in [0.25, 0.3) is 155 Å². The van der Waals surface area contributed by atoms with E-state index in [1.807, 2.05) is 18.2 Å². The molecular formula is C76H48N12. The molecule has 12 heteroatoms. The van der Waals surface area contributed by atoms with Gasteiger partial charge in [-0.3, -0.25) is 13.7 Å². The van der Waals surface area contributed by atoms with E-state index in [0.717, 1.165) is 82.7 Å². The fourth-order valence-corrected chi connectivity index (χ4v) is 13.0. The third-order valence-corrected chi connectivity index (χ3v) is 17.0. The molecule has 0 atom stereocenters. The van der Waals surface area contributed by atoms with E-state index in [1.165, 1.54) is 85.8 Å². The van der Waals surface area contributed by atoms with Gasteiger partial charge in [-0.25, -0.2) is 39.9 Å². The number of fused-ring (bicyclic) bond motifs is 12. The minimum Gasteiger partial charge on any atom is -0.309 e. The summed E-state index contributed by atoms with van der Waals surface area (Å²) in [4.78, 5) is 34.3. The topological polar surface area (TPSA) is 123 Å². The highest BCUT2D eigenvalue weighted by atomic mass is 15.2. The molecule has 0 fully saturated rings. The molecule has 11 aromatic carbocycles. The average molecular weight is 1130 g/mol. The second-order valence-electron chi connectivity index (χ2n) is 21.8. The predicted molar refractivity (Wildman–Crippen MR) is 354 cm³/mol. The van der Waals surface area contributed by atoms with Gasteiger partial charge in [-0.2, -0.15) is 0 Å². The van der Waals surface area contributed by atoms with Gasteiger partial charge in [-0.05, 0) is 136 Å². The second-order valence-corrected chi connectivity index (χ2v) is 21.8. The van der Waals surface area contributed by atoms with Crippen LogP contribution in [0.2, 0.25) is 0 Å².